The maximum Gasteiger partial charge on any atom is 0.135 e. The van der Waals surface area contributed by atoms with E-state index in [4.69, 9.17) is 17.3 Å². The first-order chi connectivity index (χ1) is 9.02. The molecule has 0 aliphatic carbocycles. The lowest BCUT2D eigenvalue weighted by atomic mass is 10.1. The fourth-order valence-electron chi connectivity index (χ4n) is 1.92. The number of hydrogen-bond acceptors (Lipinski definition) is 3. The zero-order valence-electron chi connectivity index (χ0n) is 10.9. The summed E-state index contributed by atoms with van der Waals surface area (Å²) >= 11 is 6.00. The lowest BCUT2D eigenvalue weighted by Gasteiger charge is -2.10. The van der Waals surface area contributed by atoms with Crippen molar-refractivity contribution in [3.63, 3.8) is 0 Å². The number of anilines is 1. The van der Waals surface area contributed by atoms with Crippen molar-refractivity contribution in [3.05, 3.63) is 51.7 Å². The molecule has 1 aromatic carbocycles. The van der Waals surface area contributed by atoms with Crippen LogP contribution in [-0.2, 0) is 12.8 Å². The maximum atomic E-state index is 13.7. The molecule has 0 bridgehead atoms. The standard InChI is InChI=1S/C14H15ClFN3/c1-3-12-8(2)14(17)19-13(18-12)7-9-10(15)5-4-6-11(9)16/h4-6H,3,7H2,1-2H3,(H2,17,18,19). The normalized spacial score (nSPS) is 10.7. The SMILES string of the molecule is CCc1nc(Cc2c(F)cccc2Cl)nc(N)c1C. The molecule has 0 radical (unpaired) electrons. The van der Waals surface area contributed by atoms with Crippen LogP contribution in [0.25, 0.3) is 0 Å². The molecule has 0 saturated heterocycles. The highest BCUT2D eigenvalue weighted by molar-refractivity contribution is 6.31. The Hall–Kier alpha value is -1.68. The first-order valence-electron chi connectivity index (χ1n) is 6.07. The predicted octanol–water partition coefficient (Wildman–Crippen LogP) is 3.31. The van der Waals surface area contributed by atoms with Gasteiger partial charge in [-0.15, -0.1) is 0 Å². The summed E-state index contributed by atoms with van der Waals surface area (Å²) in [4.78, 5) is 8.61. The van der Waals surface area contributed by atoms with E-state index in [2.05, 4.69) is 9.97 Å². The minimum Gasteiger partial charge on any atom is -0.383 e. The number of nitrogens with zero attached hydrogens (tertiary/aromatic N) is 2. The summed E-state index contributed by atoms with van der Waals surface area (Å²) in [6.45, 7) is 3.88. The number of rotatable bonds is 3. The van der Waals surface area contributed by atoms with Gasteiger partial charge in [0.1, 0.15) is 17.5 Å². The van der Waals surface area contributed by atoms with E-state index in [9.17, 15) is 4.39 Å². The average molecular weight is 280 g/mol. The van der Waals surface area contributed by atoms with Crippen LogP contribution >= 0.6 is 11.6 Å². The molecule has 0 spiro atoms. The first-order valence-corrected chi connectivity index (χ1v) is 6.45. The fraction of sp³-hybridized carbons (Fsp3) is 0.286. The molecule has 2 aromatic rings. The quantitative estimate of drug-likeness (QED) is 0.938. The molecule has 3 nitrogen and oxygen atoms in total. The number of halogens is 2. The number of hydrogen-bond donors (Lipinski definition) is 1. The smallest absolute Gasteiger partial charge is 0.135 e. The van der Waals surface area contributed by atoms with Gasteiger partial charge in [0.05, 0.1) is 0 Å². The molecule has 1 aromatic heterocycles. The van der Waals surface area contributed by atoms with E-state index in [1.54, 1.807) is 12.1 Å². The van der Waals surface area contributed by atoms with E-state index in [-0.39, 0.29) is 12.2 Å². The Labute approximate surface area is 116 Å². The van der Waals surface area contributed by atoms with Gasteiger partial charge >= 0.3 is 0 Å². The third-order valence-corrected chi connectivity index (χ3v) is 3.42. The molecule has 1 heterocycles. The van der Waals surface area contributed by atoms with Crippen LogP contribution in [0, 0.1) is 12.7 Å². The van der Waals surface area contributed by atoms with Crippen LogP contribution in [-0.4, -0.2) is 9.97 Å². The van der Waals surface area contributed by atoms with E-state index in [0.717, 1.165) is 17.7 Å². The van der Waals surface area contributed by atoms with Gasteiger partial charge in [0.25, 0.3) is 0 Å². The molecule has 0 aliphatic heterocycles. The summed E-state index contributed by atoms with van der Waals surface area (Å²) in [6.07, 6.45) is 1.000. The predicted molar refractivity (Wildman–Crippen MR) is 74.8 cm³/mol. The van der Waals surface area contributed by atoms with E-state index >= 15 is 0 Å². The van der Waals surface area contributed by atoms with Gasteiger partial charge in [-0.3, -0.25) is 0 Å². The molecule has 5 heteroatoms. The summed E-state index contributed by atoms with van der Waals surface area (Å²) in [5.41, 5.74) is 8.01. The summed E-state index contributed by atoms with van der Waals surface area (Å²) < 4.78 is 13.7. The number of aryl methyl sites for hydroxylation is 1. The highest BCUT2D eigenvalue weighted by Crippen LogP contribution is 2.22. The molecule has 0 atom stereocenters. The zero-order chi connectivity index (χ0) is 14.0. The molecule has 2 rings (SSSR count). The number of nitrogens with two attached hydrogens (primary N) is 1. The minimum atomic E-state index is -0.353. The largest absolute Gasteiger partial charge is 0.383 e. The second-order valence-electron chi connectivity index (χ2n) is 4.33. The average Bonchev–Trinajstić information content (AvgIpc) is 2.38. The van der Waals surface area contributed by atoms with Crippen LogP contribution < -0.4 is 5.73 Å². The Morgan fingerprint density at radius 3 is 2.68 bits per heavy atom. The molecular weight excluding hydrogens is 265 g/mol. The van der Waals surface area contributed by atoms with Crippen molar-refractivity contribution in [1.82, 2.24) is 9.97 Å². The fourth-order valence-corrected chi connectivity index (χ4v) is 2.15. The molecular formula is C14H15ClFN3. The summed E-state index contributed by atoms with van der Waals surface area (Å²) in [7, 11) is 0. The van der Waals surface area contributed by atoms with E-state index in [0.29, 0.717) is 22.2 Å². The van der Waals surface area contributed by atoms with Crippen molar-refractivity contribution in [2.45, 2.75) is 26.7 Å². The lowest BCUT2D eigenvalue weighted by molar-refractivity contribution is 0.612. The van der Waals surface area contributed by atoms with Crippen molar-refractivity contribution in [2.24, 2.45) is 0 Å². The third kappa shape index (κ3) is 2.84. The highest BCUT2D eigenvalue weighted by Gasteiger charge is 2.12. The third-order valence-electron chi connectivity index (χ3n) is 3.06. The second kappa shape index (κ2) is 5.53. The van der Waals surface area contributed by atoms with E-state index in [1.165, 1.54) is 6.07 Å². The molecule has 2 N–H and O–H groups in total. The topological polar surface area (TPSA) is 51.8 Å². The molecule has 0 saturated carbocycles. The van der Waals surface area contributed by atoms with Crippen LogP contribution in [0.1, 0.15) is 29.6 Å². The van der Waals surface area contributed by atoms with Gasteiger partial charge in [0.2, 0.25) is 0 Å². The van der Waals surface area contributed by atoms with Gasteiger partial charge in [-0.1, -0.05) is 24.6 Å². The van der Waals surface area contributed by atoms with Crippen molar-refractivity contribution in [2.75, 3.05) is 5.73 Å². The molecule has 19 heavy (non-hydrogen) atoms. The Morgan fingerprint density at radius 2 is 2.05 bits per heavy atom. The molecule has 0 unspecified atom stereocenters. The minimum absolute atomic E-state index is 0.239. The molecule has 100 valence electrons. The second-order valence-corrected chi connectivity index (χ2v) is 4.73. The van der Waals surface area contributed by atoms with Crippen LogP contribution in [0.5, 0.6) is 0 Å². The zero-order valence-corrected chi connectivity index (χ0v) is 11.6. The highest BCUT2D eigenvalue weighted by atomic mass is 35.5. The van der Waals surface area contributed by atoms with Crippen LogP contribution in [0.15, 0.2) is 18.2 Å². The Morgan fingerprint density at radius 1 is 1.32 bits per heavy atom. The number of benzene rings is 1. The van der Waals surface area contributed by atoms with Gasteiger partial charge in [-0.25, -0.2) is 14.4 Å². The maximum absolute atomic E-state index is 13.7. The van der Waals surface area contributed by atoms with Crippen LogP contribution in [0.4, 0.5) is 10.2 Å². The van der Waals surface area contributed by atoms with Crippen molar-refractivity contribution in [1.29, 1.82) is 0 Å². The first kappa shape index (κ1) is 13.7. The Bertz CT molecular complexity index is 594. The van der Waals surface area contributed by atoms with Gasteiger partial charge in [-0.2, -0.15) is 0 Å². The summed E-state index contributed by atoms with van der Waals surface area (Å²) in [6, 6.07) is 4.60. The lowest BCUT2D eigenvalue weighted by Crippen LogP contribution is -2.08. The van der Waals surface area contributed by atoms with Gasteiger partial charge in [-0.05, 0) is 25.5 Å². The van der Waals surface area contributed by atoms with Gasteiger partial charge in [0, 0.05) is 28.3 Å². The number of aromatic nitrogens is 2. The monoisotopic (exact) mass is 279 g/mol. The molecule has 0 amide bonds. The van der Waals surface area contributed by atoms with Crippen LogP contribution in [0.2, 0.25) is 5.02 Å². The summed E-state index contributed by atoms with van der Waals surface area (Å²) in [5, 5.41) is 0.376. The molecule has 0 aliphatic rings. The Kier molecular flexibility index (Phi) is 4.00. The van der Waals surface area contributed by atoms with Gasteiger partial charge < -0.3 is 5.73 Å². The van der Waals surface area contributed by atoms with E-state index < -0.39 is 0 Å². The van der Waals surface area contributed by atoms with Crippen molar-refractivity contribution >= 4 is 17.4 Å². The van der Waals surface area contributed by atoms with Crippen molar-refractivity contribution in [3.8, 4) is 0 Å². The van der Waals surface area contributed by atoms with E-state index in [1.807, 2.05) is 13.8 Å². The summed E-state index contributed by atoms with van der Waals surface area (Å²) in [5.74, 6) is 0.578. The Balaban J connectivity index is 2.41. The van der Waals surface area contributed by atoms with Crippen LogP contribution in [0.3, 0.4) is 0 Å². The number of nitrogen functional groups attached to an aromatic ring is 1. The van der Waals surface area contributed by atoms with Gasteiger partial charge in [0.15, 0.2) is 0 Å². The van der Waals surface area contributed by atoms with Crippen molar-refractivity contribution < 1.29 is 4.39 Å². The molecule has 0 fully saturated rings.